The van der Waals surface area contributed by atoms with E-state index < -0.39 is 4.92 Å². The van der Waals surface area contributed by atoms with Crippen molar-refractivity contribution in [3.63, 3.8) is 0 Å². The maximum atomic E-state index is 12.0. The molecule has 1 aromatic carbocycles. The lowest BCUT2D eigenvalue weighted by molar-refractivity contribution is -0.384. The molecule has 1 unspecified atom stereocenters. The van der Waals surface area contributed by atoms with Crippen molar-refractivity contribution in [2.75, 3.05) is 0 Å². The molecule has 1 aliphatic heterocycles. The molecule has 3 rings (SSSR count). The molecule has 124 valence electrons. The van der Waals surface area contributed by atoms with Gasteiger partial charge >= 0.3 is 0 Å². The molecule has 7 heteroatoms. The van der Waals surface area contributed by atoms with Crippen molar-refractivity contribution in [1.82, 2.24) is 5.01 Å². The summed E-state index contributed by atoms with van der Waals surface area (Å²) in [5.74, 6) is 0.589. The summed E-state index contributed by atoms with van der Waals surface area (Å²) in [6.07, 6.45) is 2.21. The highest BCUT2D eigenvalue weighted by Crippen LogP contribution is 2.35. The van der Waals surface area contributed by atoms with Gasteiger partial charge in [-0.2, -0.15) is 5.10 Å². The predicted molar refractivity (Wildman–Crippen MR) is 87.7 cm³/mol. The maximum Gasteiger partial charge on any atom is 0.269 e. The van der Waals surface area contributed by atoms with E-state index in [1.54, 1.807) is 18.4 Å². The van der Waals surface area contributed by atoms with Gasteiger partial charge in [-0.25, -0.2) is 5.01 Å². The Morgan fingerprint density at radius 2 is 2.00 bits per heavy atom. The van der Waals surface area contributed by atoms with E-state index in [0.717, 1.165) is 28.2 Å². The van der Waals surface area contributed by atoms with Crippen LogP contribution in [0.4, 0.5) is 5.69 Å². The van der Waals surface area contributed by atoms with E-state index in [2.05, 4.69) is 5.10 Å². The van der Waals surface area contributed by atoms with E-state index >= 15 is 0 Å². The summed E-state index contributed by atoms with van der Waals surface area (Å²) in [6, 6.07) is 5.96. The second kappa shape index (κ2) is 5.92. The van der Waals surface area contributed by atoms with Crippen LogP contribution in [0.2, 0.25) is 0 Å². The summed E-state index contributed by atoms with van der Waals surface area (Å²) >= 11 is 0. The van der Waals surface area contributed by atoms with Crippen LogP contribution in [0.5, 0.6) is 0 Å². The molecule has 2 heterocycles. The average molecular weight is 327 g/mol. The third kappa shape index (κ3) is 2.68. The Balaban J connectivity index is 1.95. The van der Waals surface area contributed by atoms with Crippen molar-refractivity contribution in [1.29, 1.82) is 0 Å². The zero-order valence-corrected chi connectivity index (χ0v) is 13.6. The van der Waals surface area contributed by atoms with Crippen molar-refractivity contribution in [3.8, 4) is 0 Å². The lowest BCUT2D eigenvalue weighted by Crippen LogP contribution is -2.24. The van der Waals surface area contributed by atoms with Gasteiger partial charge in [0.25, 0.3) is 5.69 Å². The standard InChI is InChI=1S/C17H17N3O4/c1-10-9-24-11(2)17(10)15-8-16(19(18-15)12(3)21)13-4-6-14(7-5-13)20(22)23/h4-7,9,16H,8H2,1-3H3. The van der Waals surface area contributed by atoms with Gasteiger partial charge in [-0.1, -0.05) is 12.1 Å². The summed E-state index contributed by atoms with van der Waals surface area (Å²) in [4.78, 5) is 22.3. The van der Waals surface area contributed by atoms with E-state index in [4.69, 9.17) is 4.42 Å². The highest BCUT2D eigenvalue weighted by atomic mass is 16.6. The normalized spacial score (nSPS) is 17.0. The SMILES string of the molecule is CC(=O)N1N=C(c2c(C)coc2C)CC1c1ccc([N+](=O)[O-])cc1. The van der Waals surface area contributed by atoms with Gasteiger partial charge in [-0.15, -0.1) is 0 Å². The van der Waals surface area contributed by atoms with E-state index in [1.807, 2.05) is 13.8 Å². The number of nitro groups is 1. The van der Waals surface area contributed by atoms with Crippen LogP contribution in [0, 0.1) is 24.0 Å². The van der Waals surface area contributed by atoms with Gasteiger partial charge in [0.05, 0.1) is 22.9 Å². The number of nitrogens with zero attached hydrogens (tertiary/aromatic N) is 3. The fraction of sp³-hybridized carbons (Fsp3) is 0.294. The minimum Gasteiger partial charge on any atom is -0.469 e. The van der Waals surface area contributed by atoms with Crippen LogP contribution < -0.4 is 0 Å². The molecule has 1 aromatic heterocycles. The van der Waals surface area contributed by atoms with E-state index in [1.165, 1.54) is 24.1 Å². The van der Waals surface area contributed by atoms with Crippen LogP contribution in [0.15, 0.2) is 40.0 Å². The molecule has 0 radical (unpaired) electrons. The van der Waals surface area contributed by atoms with Gasteiger partial charge < -0.3 is 4.42 Å². The van der Waals surface area contributed by atoms with Crippen LogP contribution in [0.25, 0.3) is 0 Å². The minimum absolute atomic E-state index is 0.0220. The van der Waals surface area contributed by atoms with Gasteiger partial charge in [0.1, 0.15) is 5.76 Å². The van der Waals surface area contributed by atoms with Crippen LogP contribution in [-0.2, 0) is 4.79 Å². The largest absolute Gasteiger partial charge is 0.469 e. The van der Waals surface area contributed by atoms with Crippen LogP contribution in [0.1, 0.15) is 41.8 Å². The highest BCUT2D eigenvalue weighted by Gasteiger charge is 2.33. The number of carbonyl (C=O) groups excluding carboxylic acids is 1. The Labute approximate surface area is 138 Å². The first-order valence-corrected chi connectivity index (χ1v) is 7.55. The van der Waals surface area contributed by atoms with Crippen molar-refractivity contribution < 1.29 is 14.1 Å². The molecule has 24 heavy (non-hydrogen) atoms. The Hall–Kier alpha value is -2.96. The first-order valence-electron chi connectivity index (χ1n) is 7.55. The van der Waals surface area contributed by atoms with Crippen molar-refractivity contribution in [2.45, 2.75) is 33.2 Å². The van der Waals surface area contributed by atoms with Crippen molar-refractivity contribution in [3.05, 3.63) is 63.1 Å². The number of hydrogen-bond donors (Lipinski definition) is 0. The molecular weight excluding hydrogens is 310 g/mol. The molecule has 1 aliphatic rings. The number of hydrogen-bond acceptors (Lipinski definition) is 5. The zero-order valence-electron chi connectivity index (χ0n) is 13.6. The summed E-state index contributed by atoms with van der Waals surface area (Å²) in [5, 5.41) is 16.7. The van der Waals surface area contributed by atoms with Gasteiger partial charge in [-0.3, -0.25) is 14.9 Å². The lowest BCUT2D eigenvalue weighted by atomic mass is 9.97. The Morgan fingerprint density at radius 3 is 2.50 bits per heavy atom. The summed E-state index contributed by atoms with van der Waals surface area (Å²) in [7, 11) is 0. The van der Waals surface area contributed by atoms with E-state index in [0.29, 0.717) is 6.42 Å². The molecule has 0 N–H and O–H groups in total. The molecule has 0 bridgehead atoms. The highest BCUT2D eigenvalue weighted by molar-refractivity contribution is 6.04. The molecule has 2 aromatic rings. The van der Waals surface area contributed by atoms with E-state index in [9.17, 15) is 14.9 Å². The summed E-state index contributed by atoms with van der Waals surface area (Å²) in [6.45, 7) is 5.26. The van der Waals surface area contributed by atoms with E-state index in [-0.39, 0.29) is 17.6 Å². The smallest absolute Gasteiger partial charge is 0.269 e. The summed E-state index contributed by atoms with van der Waals surface area (Å²) in [5.41, 5.74) is 3.52. The molecule has 0 spiro atoms. The number of hydrazone groups is 1. The quantitative estimate of drug-likeness (QED) is 0.637. The topological polar surface area (TPSA) is 89.0 Å². The molecule has 7 nitrogen and oxygen atoms in total. The Bertz CT molecular complexity index is 817. The number of aryl methyl sites for hydroxylation is 2. The van der Waals surface area contributed by atoms with Crippen LogP contribution in [-0.4, -0.2) is 21.6 Å². The lowest BCUT2D eigenvalue weighted by Gasteiger charge is -2.20. The number of carbonyl (C=O) groups is 1. The number of benzene rings is 1. The molecule has 0 saturated heterocycles. The van der Waals surface area contributed by atoms with Crippen molar-refractivity contribution >= 4 is 17.3 Å². The molecular formula is C17H17N3O4. The first kappa shape index (κ1) is 15.9. The van der Waals surface area contributed by atoms with Gasteiger partial charge in [0.15, 0.2) is 0 Å². The second-order valence-electron chi connectivity index (χ2n) is 5.83. The predicted octanol–water partition coefficient (Wildman–Crippen LogP) is 3.50. The van der Waals surface area contributed by atoms with Gasteiger partial charge in [0, 0.05) is 31.0 Å². The number of rotatable bonds is 3. The number of nitro benzene ring substituents is 1. The van der Waals surface area contributed by atoms with Crippen molar-refractivity contribution in [2.24, 2.45) is 5.10 Å². The van der Waals surface area contributed by atoms with Gasteiger partial charge in [-0.05, 0) is 25.0 Å². The fourth-order valence-corrected chi connectivity index (χ4v) is 3.03. The molecule has 1 atom stereocenters. The molecule has 0 fully saturated rings. The zero-order chi connectivity index (χ0) is 17.4. The Kier molecular flexibility index (Phi) is 3.92. The molecule has 0 aliphatic carbocycles. The third-order valence-corrected chi connectivity index (χ3v) is 4.17. The minimum atomic E-state index is -0.443. The number of non-ortho nitro benzene ring substituents is 1. The van der Waals surface area contributed by atoms with Crippen LogP contribution >= 0.6 is 0 Å². The fourth-order valence-electron chi connectivity index (χ4n) is 3.03. The number of amides is 1. The molecule has 0 saturated carbocycles. The Morgan fingerprint density at radius 1 is 1.33 bits per heavy atom. The maximum absolute atomic E-state index is 12.0. The number of furan rings is 1. The van der Waals surface area contributed by atoms with Crippen LogP contribution in [0.3, 0.4) is 0 Å². The average Bonchev–Trinajstić information content (AvgIpc) is 3.11. The summed E-state index contributed by atoms with van der Waals surface area (Å²) < 4.78 is 5.43. The first-order chi connectivity index (χ1) is 11.4. The van der Waals surface area contributed by atoms with Gasteiger partial charge in [0.2, 0.25) is 5.91 Å². The monoisotopic (exact) mass is 327 g/mol. The third-order valence-electron chi connectivity index (χ3n) is 4.17. The molecule has 1 amide bonds. The second-order valence-corrected chi connectivity index (χ2v) is 5.83.